The molecule has 0 saturated heterocycles. The number of carbonyl (C=O) groups is 1. The Hall–Kier alpha value is -1.53. The lowest BCUT2D eigenvalue weighted by Gasteiger charge is -2.03. The van der Waals surface area contributed by atoms with Gasteiger partial charge in [0.2, 0.25) is 0 Å². The second-order valence-electron chi connectivity index (χ2n) is 3.04. The number of amides is 1. The zero-order chi connectivity index (χ0) is 12.3. The summed E-state index contributed by atoms with van der Waals surface area (Å²) in [5, 5.41) is 3.04. The molecule has 0 aliphatic carbocycles. The number of nitrogens with zero attached hydrogens (tertiary/aromatic N) is 3. The molecule has 2 heterocycles. The molecule has 1 amide bonds. The van der Waals surface area contributed by atoms with Gasteiger partial charge in [-0.1, -0.05) is 11.6 Å². The number of pyridine rings is 1. The van der Waals surface area contributed by atoms with Gasteiger partial charge in [-0.25, -0.2) is 15.0 Å². The number of carbonyl (C=O) groups excluding carboxylic acids is 1. The highest BCUT2D eigenvalue weighted by atomic mass is 79.9. The van der Waals surface area contributed by atoms with E-state index in [-0.39, 0.29) is 11.6 Å². The molecule has 0 saturated carbocycles. The summed E-state index contributed by atoms with van der Waals surface area (Å²) in [5.41, 5.74) is 0.263. The van der Waals surface area contributed by atoms with Gasteiger partial charge < -0.3 is 5.32 Å². The molecule has 7 heteroatoms. The van der Waals surface area contributed by atoms with Crippen LogP contribution in [0, 0.1) is 0 Å². The molecular weight excluding hydrogens is 307 g/mol. The highest BCUT2D eigenvalue weighted by Gasteiger charge is 2.08. The van der Waals surface area contributed by atoms with Crippen molar-refractivity contribution in [3.63, 3.8) is 0 Å². The van der Waals surface area contributed by atoms with Gasteiger partial charge in [-0.05, 0) is 28.1 Å². The van der Waals surface area contributed by atoms with Crippen LogP contribution in [0.25, 0.3) is 0 Å². The van der Waals surface area contributed by atoms with Crippen LogP contribution in [0.4, 0.5) is 5.82 Å². The van der Waals surface area contributed by atoms with E-state index in [2.05, 4.69) is 36.2 Å². The number of hydrogen-bond donors (Lipinski definition) is 1. The summed E-state index contributed by atoms with van der Waals surface area (Å²) in [4.78, 5) is 23.5. The first-order valence-electron chi connectivity index (χ1n) is 4.55. The Balaban J connectivity index is 2.11. The number of halogens is 2. The number of hydrogen-bond acceptors (Lipinski definition) is 4. The van der Waals surface area contributed by atoms with Gasteiger partial charge in [-0.3, -0.25) is 4.79 Å². The highest BCUT2D eigenvalue weighted by Crippen LogP contribution is 2.09. The van der Waals surface area contributed by atoms with Crippen LogP contribution in [-0.2, 0) is 0 Å². The molecule has 17 heavy (non-hydrogen) atoms. The summed E-state index contributed by atoms with van der Waals surface area (Å²) in [7, 11) is 0. The molecular formula is C10H6BrClN4O. The van der Waals surface area contributed by atoms with Crippen molar-refractivity contribution in [3.8, 4) is 0 Å². The summed E-state index contributed by atoms with van der Waals surface area (Å²) >= 11 is 8.82. The van der Waals surface area contributed by atoms with Crippen LogP contribution in [0.2, 0.25) is 5.02 Å². The van der Waals surface area contributed by atoms with Crippen molar-refractivity contribution in [1.82, 2.24) is 15.0 Å². The molecule has 0 unspecified atom stereocenters. The number of anilines is 1. The Kier molecular flexibility index (Phi) is 3.65. The van der Waals surface area contributed by atoms with E-state index >= 15 is 0 Å². The summed E-state index contributed by atoms with van der Waals surface area (Å²) in [5.74, 6) is -0.00626. The van der Waals surface area contributed by atoms with E-state index in [9.17, 15) is 4.79 Å². The molecule has 1 N–H and O–H groups in total. The zero-order valence-electron chi connectivity index (χ0n) is 8.39. The first-order chi connectivity index (χ1) is 8.15. The van der Waals surface area contributed by atoms with E-state index in [0.29, 0.717) is 15.4 Å². The SMILES string of the molecule is O=C(Nc1cnc(Br)cn1)c1ccc(Cl)cn1. The molecule has 2 rings (SSSR count). The van der Waals surface area contributed by atoms with Gasteiger partial charge >= 0.3 is 0 Å². The van der Waals surface area contributed by atoms with Crippen LogP contribution in [0.1, 0.15) is 10.5 Å². The van der Waals surface area contributed by atoms with Crippen molar-refractivity contribution in [3.05, 3.63) is 46.0 Å². The summed E-state index contributed by atoms with van der Waals surface area (Å²) in [6.07, 6.45) is 4.34. The molecule has 86 valence electrons. The van der Waals surface area contributed by atoms with Crippen LogP contribution < -0.4 is 5.32 Å². The van der Waals surface area contributed by atoms with Gasteiger partial charge in [0.25, 0.3) is 5.91 Å². The van der Waals surface area contributed by atoms with Gasteiger partial charge in [0.15, 0.2) is 5.82 Å². The van der Waals surface area contributed by atoms with E-state index in [1.54, 1.807) is 6.07 Å². The largest absolute Gasteiger partial charge is 0.304 e. The highest BCUT2D eigenvalue weighted by molar-refractivity contribution is 9.10. The molecule has 2 aromatic heterocycles. The van der Waals surface area contributed by atoms with E-state index in [1.807, 2.05) is 0 Å². The predicted molar refractivity (Wildman–Crippen MR) is 66.9 cm³/mol. The van der Waals surface area contributed by atoms with Gasteiger partial charge in [0.05, 0.1) is 17.4 Å². The zero-order valence-corrected chi connectivity index (χ0v) is 10.7. The van der Waals surface area contributed by atoms with E-state index < -0.39 is 0 Å². The fourth-order valence-electron chi connectivity index (χ4n) is 1.07. The van der Waals surface area contributed by atoms with E-state index in [4.69, 9.17) is 11.6 Å². The maximum absolute atomic E-state index is 11.7. The third kappa shape index (κ3) is 3.21. The molecule has 5 nitrogen and oxygen atoms in total. The van der Waals surface area contributed by atoms with Crippen molar-refractivity contribution >= 4 is 39.3 Å². The Labute approximate surface area is 110 Å². The Morgan fingerprint density at radius 2 is 2.00 bits per heavy atom. The van der Waals surface area contributed by atoms with Gasteiger partial charge in [0, 0.05) is 6.20 Å². The van der Waals surface area contributed by atoms with Crippen LogP contribution in [0.5, 0.6) is 0 Å². The van der Waals surface area contributed by atoms with Crippen molar-refractivity contribution in [2.45, 2.75) is 0 Å². The van der Waals surface area contributed by atoms with E-state index in [0.717, 1.165) is 0 Å². The molecule has 2 aromatic rings. The number of rotatable bonds is 2. The quantitative estimate of drug-likeness (QED) is 0.925. The lowest BCUT2D eigenvalue weighted by molar-refractivity contribution is 0.102. The van der Waals surface area contributed by atoms with Crippen LogP contribution in [-0.4, -0.2) is 20.9 Å². The van der Waals surface area contributed by atoms with Crippen LogP contribution >= 0.6 is 27.5 Å². The summed E-state index contributed by atoms with van der Waals surface area (Å²) in [6, 6.07) is 3.13. The predicted octanol–water partition coefficient (Wildman–Crippen LogP) is 2.54. The topological polar surface area (TPSA) is 67.8 Å². The maximum Gasteiger partial charge on any atom is 0.275 e. The van der Waals surface area contributed by atoms with Gasteiger partial charge in [0.1, 0.15) is 10.3 Å². The van der Waals surface area contributed by atoms with Crippen LogP contribution in [0.15, 0.2) is 35.3 Å². The second-order valence-corrected chi connectivity index (χ2v) is 4.29. The Bertz CT molecular complexity index is 529. The Morgan fingerprint density at radius 1 is 1.18 bits per heavy atom. The van der Waals surface area contributed by atoms with Crippen molar-refractivity contribution in [2.24, 2.45) is 0 Å². The monoisotopic (exact) mass is 312 g/mol. The third-order valence-corrected chi connectivity index (χ3v) is 2.46. The molecule has 0 aliphatic heterocycles. The first-order valence-corrected chi connectivity index (χ1v) is 5.73. The number of nitrogens with one attached hydrogen (secondary N) is 1. The normalized spacial score (nSPS) is 10.0. The first kappa shape index (κ1) is 11.9. The lowest BCUT2D eigenvalue weighted by Crippen LogP contribution is -2.14. The van der Waals surface area contributed by atoms with Crippen molar-refractivity contribution < 1.29 is 4.79 Å². The van der Waals surface area contributed by atoms with Crippen LogP contribution in [0.3, 0.4) is 0 Å². The summed E-state index contributed by atoms with van der Waals surface area (Å²) in [6.45, 7) is 0. The maximum atomic E-state index is 11.7. The standard InChI is InChI=1S/C10H6BrClN4O/c11-8-4-15-9(5-14-8)16-10(17)7-2-1-6(12)3-13-7/h1-5H,(H,15,16,17). The lowest BCUT2D eigenvalue weighted by atomic mass is 10.3. The smallest absolute Gasteiger partial charge is 0.275 e. The molecule has 0 radical (unpaired) electrons. The number of aromatic nitrogens is 3. The molecule has 0 aliphatic rings. The molecule has 0 aromatic carbocycles. The van der Waals surface area contributed by atoms with Gasteiger partial charge in [-0.15, -0.1) is 0 Å². The average Bonchev–Trinajstić information content (AvgIpc) is 2.33. The molecule has 0 atom stereocenters. The van der Waals surface area contributed by atoms with E-state index in [1.165, 1.54) is 24.7 Å². The minimum absolute atomic E-state index is 0.263. The second kappa shape index (κ2) is 5.20. The summed E-state index contributed by atoms with van der Waals surface area (Å²) < 4.78 is 0.597. The van der Waals surface area contributed by atoms with Gasteiger partial charge in [-0.2, -0.15) is 0 Å². The average molecular weight is 314 g/mol. The van der Waals surface area contributed by atoms with Crippen molar-refractivity contribution in [1.29, 1.82) is 0 Å². The minimum atomic E-state index is -0.363. The molecule has 0 spiro atoms. The molecule has 0 bridgehead atoms. The fraction of sp³-hybridized carbons (Fsp3) is 0. The fourth-order valence-corrected chi connectivity index (χ4v) is 1.38. The minimum Gasteiger partial charge on any atom is -0.304 e. The van der Waals surface area contributed by atoms with Crippen molar-refractivity contribution in [2.75, 3.05) is 5.32 Å². The Morgan fingerprint density at radius 3 is 2.59 bits per heavy atom. The third-order valence-electron chi connectivity index (χ3n) is 1.82. The molecule has 0 fully saturated rings.